The van der Waals surface area contributed by atoms with E-state index in [2.05, 4.69) is 0 Å². The van der Waals surface area contributed by atoms with Crippen molar-refractivity contribution in [2.45, 2.75) is 6.54 Å². The number of rotatable bonds is 1. The minimum atomic E-state index is 0.213. The number of benzene rings is 2. The van der Waals surface area contributed by atoms with Gasteiger partial charge in [-0.25, -0.2) is 0 Å². The molecule has 1 heterocycles. The standard InChI is InChI=1S/C14H12N2O/c15-14-11-6-2-1-5-10(11)9-16(14)12-7-3-4-8-13(12)17/h1-8,15,17H,9H2. The molecule has 2 N–H and O–H groups in total. The van der Waals surface area contributed by atoms with Gasteiger partial charge in [0.15, 0.2) is 0 Å². The highest BCUT2D eigenvalue weighted by Crippen LogP contribution is 2.33. The van der Waals surface area contributed by atoms with Crippen molar-refractivity contribution in [3.63, 3.8) is 0 Å². The van der Waals surface area contributed by atoms with E-state index in [0.29, 0.717) is 18.1 Å². The smallest absolute Gasteiger partial charge is 0.139 e. The molecule has 0 saturated heterocycles. The summed E-state index contributed by atoms with van der Waals surface area (Å²) in [6.45, 7) is 0.645. The fourth-order valence-electron chi connectivity index (χ4n) is 2.18. The van der Waals surface area contributed by atoms with Crippen LogP contribution in [0.4, 0.5) is 5.69 Å². The monoisotopic (exact) mass is 224 g/mol. The lowest BCUT2D eigenvalue weighted by Crippen LogP contribution is -2.22. The van der Waals surface area contributed by atoms with Crippen LogP contribution in [0.15, 0.2) is 48.5 Å². The number of phenolic OH excluding ortho intramolecular Hbond substituents is 1. The zero-order valence-electron chi connectivity index (χ0n) is 9.22. The van der Waals surface area contributed by atoms with Crippen molar-refractivity contribution in [2.24, 2.45) is 0 Å². The molecule has 0 unspecified atom stereocenters. The molecule has 3 nitrogen and oxygen atoms in total. The van der Waals surface area contributed by atoms with E-state index in [1.54, 1.807) is 12.1 Å². The number of hydrogen-bond acceptors (Lipinski definition) is 2. The molecule has 0 aliphatic carbocycles. The van der Waals surface area contributed by atoms with Crippen LogP contribution in [0.5, 0.6) is 5.75 Å². The van der Waals surface area contributed by atoms with Gasteiger partial charge in [-0.1, -0.05) is 36.4 Å². The van der Waals surface area contributed by atoms with Crippen molar-refractivity contribution in [3.05, 3.63) is 59.7 Å². The van der Waals surface area contributed by atoms with Gasteiger partial charge in [0.2, 0.25) is 0 Å². The fourth-order valence-corrected chi connectivity index (χ4v) is 2.18. The number of anilines is 1. The molecule has 17 heavy (non-hydrogen) atoms. The van der Waals surface area contributed by atoms with Crippen LogP contribution in [0, 0.1) is 5.41 Å². The van der Waals surface area contributed by atoms with E-state index >= 15 is 0 Å². The van der Waals surface area contributed by atoms with E-state index in [0.717, 1.165) is 11.1 Å². The highest BCUT2D eigenvalue weighted by Gasteiger charge is 2.26. The highest BCUT2D eigenvalue weighted by atomic mass is 16.3. The molecule has 0 radical (unpaired) electrons. The van der Waals surface area contributed by atoms with Crippen LogP contribution in [-0.4, -0.2) is 10.9 Å². The van der Waals surface area contributed by atoms with Gasteiger partial charge in [0.1, 0.15) is 11.6 Å². The first-order chi connectivity index (χ1) is 8.27. The Morgan fingerprint density at radius 3 is 2.47 bits per heavy atom. The third kappa shape index (κ3) is 1.47. The molecule has 2 aromatic carbocycles. The molecule has 3 heteroatoms. The van der Waals surface area contributed by atoms with Crippen LogP contribution in [-0.2, 0) is 6.54 Å². The van der Waals surface area contributed by atoms with Crippen LogP contribution in [0.25, 0.3) is 0 Å². The first-order valence-corrected chi connectivity index (χ1v) is 5.50. The Kier molecular flexibility index (Phi) is 2.11. The lowest BCUT2D eigenvalue weighted by atomic mass is 10.1. The maximum atomic E-state index is 9.83. The summed E-state index contributed by atoms with van der Waals surface area (Å²) in [4.78, 5) is 1.82. The first-order valence-electron chi connectivity index (χ1n) is 5.50. The van der Waals surface area contributed by atoms with Gasteiger partial charge in [-0.2, -0.15) is 0 Å². The van der Waals surface area contributed by atoms with E-state index in [4.69, 9.17) is 5.41 Å². The van der Waals surface area contributed by atoms with Gasteiger partial charge >= 0.3 is 0 Å². The molecule has 0 atom stereocenters. The maximum Gasteiger partial charge on any atom is 0.139 e. The summed E-state index contributed by atoms with van der Waals surface area (Å²) in [7, 11) is 0. The maximum absolute atomic E-state index is 9.83. The van der Waals surface area contributed by atoms with Crippen molar-refractivity contribution in [2.75, 3.05) is 4.90 Å². The van der Waals surface area contributed by atoms with Crippen molar-refractivity contribution in [1.29, 1.82) is 5.41 Å². The number of phenols is 1. The third-order valence-corrected chi connectivity index (χ3v) is 3.04. The lowest BCUT2D eigenvalue weighted by molar-refractivity contribution is 0.476. The molecule has 1 aliphatic heterocycles. The van der Waals surface area contributed by atoms with Gasteiger partial charge in [-0.15, -0.1) is 0 Å². The molecule has 0 fully saturated rings. The Morgan fingerprint density at radius 1 is 1.00 bits per heavy atom. The quantitative estimate of drug-likeness (QED) is 0.782. The van der Waals surface area contributed by atoms with Crippen molar-refractivity contribution in [3.8, 4) is 5.75 Å². The second-order valence-electron chi connectivity index (χ2n) is 4.08. The highest BCUT2D eigenvalue weighted by molar-refractivity contribution is 6.12. The molecular formula is C14H12N2O. The van der Waals surface area contributed by atoms with E-state index < -0.39 is 0 Å². The Hall–Kier alpha value is -2.29. The van der Waals surface area contributed by atoms with Crippen molar-refractivity contribution >= 4 is 11.5 Å². The number of nitrogens with zero attached hydrogens (tertiary/aromatic N) is 1. The normalized spacial score (nSPS) is 13.9. The third-order valence-electron chi connectivity index (χ3n) is 3.04. The summed E-state index contributed by atoms with van der Waals surface area (Å²) in [5.41, 5.74) is 2.75. The SMILES string of the molecule is N=C1c2ccccc2CN1c1ccccc1O. The number of nitrogens with one attached hydrogen (secondary N) is 1. The van der Waals surface area contributed by atoms with Gasteiger partial charge in [-0.3, -0.25) is 5.41 Å². The van der Waals surface area contributed by atoms with Crippen LogP contribution >= 0.6 is 0 Å². The predicted octanol–water partition coefficient (Wildman–Crippen LogP) is 2.74. The van der Waals surface area contributed by atoms with E-state index in [9.17, 15) is 5.11 Å². The summed E-state index contributed by atoms with van der Waals surface area (Å²) in [5.74, 6) is 0.659. The molecular weight excluding hydrogens is 212 g/mol. The van der Waals surface area contributed by atoms with Gasteiger partial charge in [0, 0.05) is 5.56 Å². The molecule has 0 aromatic heterocycles. The molecule has 3 rings (SSSR count). The Morgan fingerprint density at radius 2 is 1.71 bits per heavy atom. The predicted molar refractivity (Wildman–Crippen MR) is 67.6 cm³/mol. The largest absolute Gasteiger partial charge is 0.506 e. The Balaban J connectivity index is 2.05. The van der Waals surface area contributed by atoms with Crippen LogP contribution in [0.1, 0.15) is 11.1 Å². The second-order valence-corrected chi connectivity index (χ2v) is 4.08. The average molecular weight is 224 g/mol. The molecule has 0 bridgehead atoms. The van der Waals surface area contributed by atoms with Crippen LogP contribution in [0.3, 0.4) is 0 Å². The zero-order valence-corrected chi connectivity index (χ0v) is 9.22. The number of amidine groups is 1. The molecule has 0 amide bonds. The van der Waals surface area contributed by atoms with E-state index in [1.807, 2.05) is 41.3 Å². The number of aromatic hydroxyl groups is 1. The summed E-state index contributed by atoms with van der Waals surface area (Å²) in [5, 5.41) is 18.0. The Bertz CT molecular complexity index is 592. The molecule has 2 aromatic rings. The summed E-state index contributed by atoms with van der Waals surface area (Å²) < 4.78 is 0. The van der Waals surface area contributed by atoms with Gasteiger partial charge in [-0.05, 0) is 17.7 Å². The van der Waals surface area contributed by atoms with Gasteiger partial charge in [0.25, 0.3) is 0 Å². The summed E-state index contributed by atoms with van der Waals surface area (Å²) >= 11 is 0. The molecule has 0 spiro atoms. The number of hydrogen-bond donors (Lipinski definition) is 2. The zero-order chi connectivity index (χ0) is 11.8. The van der Waals surface area contributed by atoms with E-state index in [-0.39, 0.29) is 5.75 Å². The Labute approximate surface area is 99.5 Å². The minimum absolute atomic E-state index is 0.213. The summed E-state index contributed by atoms with van der Waals surface area (Å²) in [6.07, 6.45) is 0. The minimum Gasteiger partial charge on any atom is -0.506 e. The molecule has 1 aliphatic rings. The van der Waals surface area contributed by atoms with Crippen molar-refractivity contribution in [1.82, 2.24) is 0 Å². The van der Waals surface area contributed by atoms with E-state index in [1.165, 1.54) is 0 Å². The van der Waals surface area contributed by atoms with Crippen molar-refractivity contribution < 1.29 is 5.11 Å². The number of fused-ring (bicyclic) bond motifs is 1. The molecule has 0 saturated carbocycles. The average Bonchev–Trinajstić information content (AvgIpc) is 2.68. The van der Waals surface area contributed by atoms with Crippen LogP contribution < -0.4 is 4.90 Å². The second kappa shape index (κ2) is 3.63. The topological polar surface area (TPSA) is 47.3 Å². The number of para-hydroxylation sites is 2. The van der Waals surface area contributed by atoms with Crippen LogP contribution in [0.2, 0.25) is 0 Å². The van der Waals surface area contributed by atoms with Gasteiger partial charge in [0.05, 0.1) is 12.2 Å². The summed E-state index contributed by atoms with van der Waals surface area (Å²) in [6, 6.07) is 15.0. The first kappa shape index (κ1) is 9.90. The lowest BCUT2D eigenvalue weighted by Gasteiger charge is -2.18. The molecule has 84 valence electrons. The van der Waals surface area contributed by atoms with Gasteiger partial charge < -0.3 is 10.0 Å². The fraction of sp³-hybridized carbons (Fsp3) is 0.0714.